The number of rotatable bonds is 2. The highest BCUT2D eigenvalue weighted by molar-refractivity contribution is 8.17. The Morgan fingerprint density at radius 1 is 1.17 bits per heavy atom. The van der Waals surface area contributed by atoms with E-state index in [1.807, 2.05) is 0 Å². The molecule has 0 spiro atoms. The lowest BCUT2D eigenvalue weighted by atomic mass is 10.2. The minimum atomic E-state index is -4.20. The number of para-hydroxylation sites is 1. The molecule has 2 aromatic rings. The summed E-state index contributed by atoms with van der Waals surface area (Å²) in [4.78, 5) is 4.35. The summed E-state index contributed by atoms with van der Waals surface area (Å²) >= 11 is 0. The highest BCUT2D eigenvalue weighted by Gasteiger charge is 2.15. The van der Waals surface area contributed by atoms with Crippen molar-refractivity contribution in [1.29, 1.82) is 0 Å². The van der Waals surface area contributed by atoms with Crippen LogP contribution >= 0.6 is 10.7 Å². The average Bonchev–Trinajstić information content (AvgIpc) is 2.25. The monoisotopic (exact) mass is 304 g/mol. The van der Waals surface area contributed by atoms with Crippen molar-refractivity contribution in [3.8, 4) is 0 Å². The Balaban J connectivity index is 2.85. The number of aromatic nitrogens is 1. The van der Waals surface area contributed by atoms with Gasteiger partial charge in [0.25, 0.3) is 0 Å². The average molecular weight is 305 g/mol. The summed E-state index contributed by atoms with van der Waals surface area (Å²) in [6, 6.07) is 8.51. The molecule has 18 heavy (non-hydrogen) atoms. The lowest BCUT2D eigenvalue weighted by Gasteiger charge is -2.06. The third kappa shape index (κ3) is 2.80. The van der Waals surface area contributed by atoms with Gasteiger partial charge in [-0.15, -0.1) is 0 Å². The molecule has 0 fully saturated rings. The van der Waals surface area contributed by atoms with Crippen LogP contribution < -0.4 is 0 Å². The van der Waals surface area contributed by atoms with Crippen LogP contribution in [0.2, 0.25) is 0 Å². The Hall–Kier alpha value is -1.18. The smallest absolute Gasteiger partial charge is 0.255 e. The molecule has 0 saturated heterocycles. The topological polar surface area (TPSA) is 76.5 Å². The molecule has 1 aromatic carbocycles. The summed E-state index contributed by atoms with van der Waals surface area (Å²) in [6.45, 7) is 0. The molecular weight excluding hydrogens is 296 g/mol. The van der Waals surface area contributed by atoms with E-state index >= 15 is 0 Å². The van der Waals surface area contributed by atoms with Crippen molar-refractivity contribution in [2.45, 2.75) is 4.90 Å². The van der Waals surface area contributed by atoms with Crippen LogP contribution in [0.3, 0.4) is 0 Å². The van der Waals surface area contributed by atoms with E-state index < -0.39 is 19.0 Å². The predicted molar refractivity (Wildman–Crippen MR) is 71.3 cm³/mol. The normalized spacial score (nSPS) is 15.2. The number of nitrogens with zero attached hydrogens (tertiary/aromatic N) is 2. The molecule has 96 valence electrons. The second-order valence-corrected chi connectivity index (χ2v) is 8.26. The first-order chi connectivity index (χ1) is 8.30. The molecular formula is C10H9ClN2O3S2. The molecule has 0 N–H and O–H groups in total. The molecule has 0 aliphatic carbocycles. The van der Waals surface area contributed by atoms with Crippen molar-refractivity contribution in [2.24, 2.45) is 3.77 Å². The lowest BCUT2D eigenvalue weighted by molar-refractivity contribution is 0.611. The molecule has 2 rings (SSSR count). The van der Waals surface area contributed by atoms with E-state index in [-0.39, 0.29) is 4.90 Å². The molecule has 0 aliphatic rings. The van der Waals surface area contributed by atoms with Crippen LogP contribution in [0.25, 0.3) is 10.9 Å². The summed E-state index contributed by atoms with van der Waals surface area (Å²) in [5, 5.41) is 0.756. The van der Waals surface area contributed by atoms with Crippen LogP contribution in [0.15, 0.2) is 45.2 Å². The van der Waals surface area contributed by atoms with Crippen molar-refractivity contribution >= 4 is 40.6 Å². The fourth-order valence-corrected chi connectivity index (χ4v) is 5.10. The van der Waals surface area contributed by atoms with Gasteiger partial charge in [0.1, 0.15) is 0 Å². The van der Waals surface area contributed by atoms with Crippen LogP contribution in [0, 0.1) is 0 Å². The molecule has 5 nitrogen and oxygen atoms in total. The minimum Gasteiger partial charge on any atom is -0.255 e. The van der Waals surface area contributed by atoms with Crippen molar-refractivity contribution in [3.05, 3.63) is 36.5 Å². The van der Waals surface area contributed by atoms with E-state index in [1.54, 1.807) is 24.3 Å². The maximum atomic E-state index is 12.3. The van der Waals surface area contributed by atoms with Crippen molar-refractivity contribution < 1.29 is 12.6 Å². The third-order valence-corrected chi connectivity index (χ3v) is 5.74. The molecule has 8 heteroatoms. The second-order valence-electron chi connectivity index (χ2n) is 3.62. The van der Waals surface area contributed by atoms with Gasteiger partial charge in [0.15, 0.2) is 0 Å². The molecule has 0 amide bonds. The molecule has 1 aromatic heterocycles. The molecule has 0 bridgehead atoms. The highest BCUT2D eigenvalue weighted by Crippen LogP contribution is 2.23. The summed E-state index contributed by atoms with van der Waals surface area (Å²) in [5.74, 6) is 0. The van der Waals surface area contributed by atoms with Gasteiger partial charge in [-0.1, -0.05) is 22.0 Å². The maximum Gasteiger partial charge on any atom is 0.347 e. The summed E-state index contributed by atoms with van der Waals surface area (Å²) in [5.41, 5.74) is 0.455. The van der Waals surface area contributed by atoms with Crippen LogP contribution in [-0.4, -0.2) is 23.9 Å². The van der Waals surface area contributed by atoms with Gasteiger partial charge in [-0.3, -0.25) is 4.98 Å². The molecule has 1 atom stereocenters. The Labute approximate surface area is 110 Å². The Bertz CT molecular complexity index is 819. The van der Waals surface area contributed by atoms with E-state index in [1.165, 1.54) is 18.5 Å². The number of pyridine rings is 1. The van der Waals surface area contributed by atoms with Gasteiger partial charge in [0.2, 0.25) is 0 Å². The molecule has 0 radical (unpaired) electrons. The molecule has 0 saturated carbocycles. The Morgan fingerprint density at radius 3 is 2.50 bits per heavy atom. The second kappa shape index (κ2) is 4.49. The summed E-state index contributed by atoms with van der Waals surface area (Å²) < 4.78 is 37.4. The van der Waals surface area contributed by atoms with Gasteiger partial charge >= 0.3 is 9.24 Å². The molecule has 1 heterocycles. The lowest BCUT2D eigenvalue weighted by Crippen LogP contribution is -2.02. The number of hydrogen-bond donors (Lipinski definition) is 0. The van der Waals surface area contributed by atoms with Gasteiger partial charge in [0, 0.05) is 28.5 Å². The zero-order valence-corrected chi connectivity index (χ0v) is 11.7. The molecule has 0 aliphatic heterocycles. The zero-order valence-electron chi connectivity index (χ0n) is 9.28. The summed E-state index contributed by atoms with van der Waals surface area (Å²) in [6.07, 6.45) is 2.76. The SMILES string of the molecule is C[S@](=O)(=NS(=O)(=O)Cl)c1cccc2cccnc12. The quantitative estimate of drug-likeness (QED) is 0.797. The first-order valence-electron chi connectivity index (χ1n) is 4.81. The highest BCUT2D eigenvalue weighted by atomic mass is 35.7. The number of benzene rings is 1. The van der Waals surface area contributed by atoms with E-state index in [0.717, 1.165) is 5.39 Å². The van der Waals surface area contributed by atoms with Gasteiger partial charge in [0.05, 0.1) is 20.1 Å². The van der Waals surface area contributed by atoms with E-state index in [9.17, 15) is 12.6 Å². The maximum absolute atomic E-state index is 12.3. The zero-order chi connectivity index (χ0) is 13.4. The van der Waals surface area contributed by atoms with Gasteiger partial charge in [-0.25, -0.2) is 4.21 Å². The van der Waals surface area contributed by atoms with Crippen LogP contribution in [0.5, 0.6) is 0 Å². The van der Waals surface area contributed by atoms with E-state index in [0.29, 0.717) is 5.52 Å². The third-order valence-electron chi connectivity index (χ3n) is 2.24. The largest absolute Gasteiger partial charge is 0.347 e. The van der Waals surface area contributed by atoms with Crippen molar-refractivity contribution in [1.82, 2.24) is 4.98 Å². The predicted octanol–water partition coefficient (Wildman–Crippen LogP) is 2.18. The Kier molecular flexibility index (Phi) is 3.31. The standard InChI is InChI=1S/C10H9ClN2O3S2/c1-17(14,13-18(11,15)16)9-6-2-4-8-5-3-7-12-10(8)9/h2-7H,1H3/t17-/m1/s1. The van der Waals surface area contributed by atoms with Crippen molar-refractivity contribution in [3.63, 3.8) is 0 Å². The van der Waals surface area contributed by atoms with E-state index in [2.05, 4.69) is 8.75 Å². The van der Waals surface area contributed by atoms with Crippen LogP contribution in [0.1, 0.15) is 0 Å². The van der Waals surface area contributed by atoms with Crippen LogP contribution in [0.4, 0.5) is 0 Å². The Morgan fingerprint density at radius 2 is 1.83 bits per heavy atom. The number of fused-ring (bicyclic) bond motifs is 1. The van der Waals surface area contributed by atoms with E-state index in [4.69, 9.17) is 10.7 Å². The summed E-state index contributed by atoms with van der Waals surface area (Å²) in [7, 11) is -2.33. The van der Waals surface area contributed by atoms with Gasteiger partial charge in [-0.05, 0) is 12.1 Å². The number of hydrogen-bond acceptors (Lipinski definition) is 4. The fraction of sp³-hybridized carbons (Fsp3) is 0.100. The van der Waals surface area contributed by atoms with Gasteiger partial charge in [-0.2, -0.15) is 8.42 Å². The molecule has 0 unspecified atom stereocenters. The number of halogens is 1. The first-order valence-corrected chi connectivity index (χ1v) is 9.00. The first kappa shape index (κ1) is 13.3. The van der Waals surface area contributed by atoms with Gasteiger partial charge < -0.3 is 0 Å². The minimum absolute atomic E-state index is 0.254. The van der Waals surface area contributed by atoms with Crippen molar-refractivity contribution in [2.75, 3.05) is 6.26 Å². The van der Waals surface area contributed by atoms with Crippen LogP contribution in [-0.2, 0) is 19.0 Å². The fourth-order valence-electron chi connectivity index (χ4n) is 1.59.